The first-order valence-corrected chi connectivity index (χ1v) is 9.09. The van der Waals surface area contributed by atoms with Crippen molar-refractivity contribution in [1.82, 2.24) is 9.88 Å². The molecule has 1 unspecified atom stereocenters. The summed E-state index contributed by atoms with van der Waals surface area (Å²) in [6.45, 7) is 1.33. The van der Waals surface area contributed by atoms with Crippen molar-refractivity contribution in [2.45, 2.75) is 25.8 Å². The van der Waals surface area contributed by atoms with E-state index in [1.807, 2.05) is 6.92 Å². The van der Waals surface area contributed by atoms with Crippen molar-refractivity contribution in [1.29, 1.82) is 0 Å². The topological polar surface area (TPSA) is 105 Å². The molecule has 1 aliphatic heterocycles. The molecule has 116 valence electrons. The Hall–Kier alpha value is -1.48. The number of aryl methyl sites for hydroxylation is 1. The number of carbonyl (C=O) groups excluding carboxylic acids is 1. The highest BCUT2D eigenvalue weighted by Crippen LogP contribution is 2.19. The maximum absolute atomic E-state index is 12.3. The minimum atomic E-state index is -3.18. The average molecular weight is 332 g/mol. The van der Waals surface area contributed by atoms with Crippen LogP contribution in [0, 0.1) is 6.92 Å². The number of aromatic nitrogens is 1. The van der Waals surface area contributed by atoms with Crippen molar-refractivity contribution in [2.24, 2.45) is 0 Å². The van der Waals surface area contributed by atoms with Crippen LogP contribution in [0.5, 0.6) is 0 Å². The quantitative estimate of drug-likeness (QED) is 0.819. The van der Waals surface area contributed by atoms with Crippen LogP contribution in [0.15, 0.2) is 5.38 Å². The summed E-state index contributed by atoms with van der Waals surface area (Å²) in [6.07, 6.45) is 0.283. The molecule has 0 bridgehead atoms. The third kappa shape index (κ3) is 4.24. The molecule has 1 atom stereocenters. The molecule has 1 fully saturated rings. The highest BCUT2D eigenvalue weighted by atomic mass is 32.2. The molecule has 1 aromatic rings. The van der Waals surface area contributed by atoms with Gasteiger partial charge < -0.3 is 10.0 Å². The molecule has 1 aromatic heterocycles. The van der Waals surface area contributed by atoms with Crippen LogP contribution in [0.25, 0.3) is 0 Å². The summed E-state index contributed by atoms with van der Waals surface area (Å²) >= 11 is 1.41. The van der Waals surface area contributed by atoms with Crippen molar-refractivity contribution >= 4 is 33.1 Å². The first-order chi connectivity index (χ1) is 9.77. The number of rotatable bonds is 5. The van der Waals surface area contributed by atoms with Crippen LogP contribution in [-0.4, -0.2) is 59.4 Å². The molecule has 0 aromatic carbocycles. The fourth-order valence-electron chi connectivity index (χ4n) is 2.33. The van der Waals surface area contributed by atoms with Gasteiger partial charge in [-0.15, -0.1) is 11.3 Å². The van der Waals surface area contributed by atoms with Gasteiger partial charge in [-0.2, -0.15) is 0 Å². The predicted octanol–water partition coefficient (Wildman–Crippen LogP) is 0.0943. The Morgan fingerprint density at radius 1 is 1.52 bits per heavy atom. The molecule has 2 rings (SSSR count). The van der Waals surface area contributed by atoms with E-state index in [0.29, 0.717) is 5.69 Å². The maximum Gasteiger partial charge on any atom is 0.323 e. The van der Waals surface area contributed by atoms with Crippen LogP contribution >= 0.6 is 11.3 Å². The van der Waals surface area contributed by atoms with E-state index in [1.54, 1.807) is 5.38 Å². The lowest BCUT2D eigenvalue weighted by molar-refractivity contribution is -0.145. The van der Waals surface area contributed by atoms with Crippen LogP contribution in [0.4, 0.5) is 0 Å². The van der Waals surface area contributed by atoms with Crippen LogP contribution in [0.1, 0.15) is 17.1 Å². The molecule has 21 heavy (non-hydrogen) atoms. The molecule has 1 N–H and O–H groups in total. The maximum atomic E-state index is 12.3. The second-order valence-corrected chi connectivity index (χ2v) is 8.30. The molecule has 0 spiro atoms. The summed E-state index contributed by atoms with van der Waals surface area (Å²) in [4.78, 5) is 28.5. The standard InChI is InChI=1S/C12H16N2O5S2/c1-8-13-9(6-20-8)4-11(15)14(5-12(16)17)10-2-3-21(18,19)7-10/h6,10H,2-5,7H2,1H3,(H,16,17). The molecular formula is C12H16N2O5S2. The third-order valence-corrected chi connectivity index (χ3v) is 5.85. The van der Waals surface area contributed by atoms with Gasteiger partial charge in [0, 0.05) is 11.4 Å². The molecule has 0 saturated carbocycles. The van der Waals surface area contributed by atoms with Gasteiger partial charge in [-0.05, 0) is 13.3 Å². The van der Waals surface area contributed by atoms with Gasteiger partial charge in [0.25, 0.3) is 0 Å². The Morgan fingerprint density at radius 3 is 2.71 bits per heavy atom. The Labute approximate surface area is 126 Å². The van der Waals surface area contributed by atoms with Crippen molar-refractivity contribution in [3.8, 4) is 0 Å². The number of thiazole rings is 1. The van der Waals surface area contributed by atoms with Crippen LogP contribution in [0.3, 0.4) is 0 Å². The molecule has 1 aliphatic rings. The highest BCUT2D eigenvalue weighted by molar-refractivity contribution is 7.91. The molecule has 1 saturated heterocycles. The van der Waals surface area contributed by atoms with Crippen LogP contribution in [0.2, 0.25) is 0 Å². The van der Waals surface area contributed by atoms with E-state index in [0.717, 1.165) is 9.91 Å². The van der Waals surface area contributed by atoms with E-state index in [-0.39, 0.29) is 24.3 Å². The lowest BCUT2D eigenvalue weighted by Crippen LogP contribution is -2.45. The Kier molecular flexibility index (Phi) is 4.62. The Bertz CT molecular complexity index is 652. The van der Waals surface area contributed by atoms with Crippen molar-refractivity contribution in [3.63, 3.8) is 0 Å². The minimum Gasteiger partial charge on any atom is -0.480 e. The second-order valence-electron chi connectivity index (χ2n) is 5.01. The zero-order valence-electron chi connectivity index (χ0n) is 11.5. The van der Waals surface area contributed by atoms with Gasteiger partial charge >= 0.3 is 5.97 Å². The molecule has 0 aliphatic carbocycles. The zero-order chi connectivity index (χ0) is 15.6. The molecule has 9 heteroatoms. The number of amides is 1. The first-order valence-electron chi connectivity index (χ1n) is 6.39. The van der Waals surface area contributed by atoms with Gasteiger partial charge in [0.15, 0.2) is 9.84 Å². The van der Waals surface area contributed by atoms with Crippen LogP contribution < -0.4 is 0 Å². The van der Waals surface area contributed by atoms with Crippen molar-refractivity contribution < 1.29 is 23.1 Å². The summed E-state index contributed by atoms with van der Waals surface area (Å²) in [7, 11) is -3.18. The minimum absolute atomic E-state index is 0.00310. The molecular weight excluding hydrogens is 316 g/mol. The first kappa shape index (κ1) is 15.9. The van der Waals surface area contributed by atoms with Crippen molar-refractivity contribution in [3.05, 3.63) is 16.1 Å². The lowest BCUT2D eigenvalue weighted by atomic mass is 10.2. The molecule has 2 heterocycles. The third-order valence-electron chi connectivity index (χ3n) is 3.27. The predicted molar refractivity (Wildman–Crippen MR) is 77.0 cm³/mol. The fraction of sp³-hybridized carbons (Fsp3) is 0.583. The largest absolute Gasteiger partial charge is 0.480 e. The number of sulfone groups is 1. The number of carboxylic acids is 1. The van der Waals surface area contributed by atoms with E-state index in [4.69, 9.17) is 5.11 Å². The Morgan fingerprint density at radius 2 is 2.24 bits per heavy atom. The highest BCUT2D eigenvalue weighted by Gasteiger charge is 2.35. The average Bonchev–Trinajstić information content (AvgIpc) is 2.92. The number of nitrogens with zero attached hydrogens (tertiary/aromatic N) is 2. The van der Waals surface area contributed by atoms with Gasteiger partial charge in [0.1, 0.15) is 6.54 Å². The van der Waals surface area contributed by atoms with E-state index in [1.165, 1.54) is 11.3 Å². The summed E-state index contributed by atoms with van der Waals surface area (Å²) in [6, 6.07) is -0.557. The summed E-state index contributed by atoms with van der Waals surface area (Å²) < 4.78 is 23.0. The molecule has 7 nitrogen and oxygen atoms in total. The van der Waals surface area contributed by atoms with Crippen LogP contribution in [-0.2, 0) is 25.8 Å². The van der Waals surface area contributed by atoms with E-state index in [2.05, 4.69) is 4.98 Å². The normalized spacial score (nSPS) is 20.3. The summed E-state index contributed by atoms with van der Waals surface area (Å²) in [5.74, 6) is -1.72. The van der Waals surface area contributed by atoms with Gasteiger partial charge in [-0.1, -0.05) is 0 Å². The zero-order valence-corrected chi connectivity index (χ0v) is 13.1. The number of aliphatic carboxylic acids is 1. The van der Waals surface area contributed by atoms with Gasteiger partial charge in [-0.3, -0.25) is 9.59 Å². The monoisotopic (exact) mass is 332 g/mol. The molecule has 0 radical (unpaired) electrons. The SMILES string of the molecule is Cc1nc(CC(=O)N(CC(=O)O)C2CCS(=O)(=O)C2)cs1. The van der Waals surface area contributed by atoms with Gasteiger partial charge in [0.05, 0.1) is 28.6 Å². The lowest BCUT2D eigenvalue weighted by Gasteiger charge is -2.26. The molecule has 1 amide bonds. The second kappa shape index (κ2) is 6.10. The van der Waals surface area contributed by atoms with Gasteiger partial charge in [0.2, 0.25) is 5.91 Å². The van der Waals surface area contributed by atoms with E-state index in [9.17, 15) is 18.0 Å². The smallest absolute Gasteiger partial charge is 0.323 e. The van der Waals surface area contributed by atoms with E-state index >= 15 is 0 Å². The summed E-state index contributed by atoms with van der Waals surface area (Å²) in [5, 5.41) is 11.5. The number of carbonyl (C=O) groups is 2. The fourth-order valence-corrected chi connectivity index (χ4v) is 4.68. The number of hydrogen-bond acceptors (Lipinski definition) is 6. The van der Waals surface area contributed by atoms with E-state index < -0.39 is 34.3 Å². The number of carboxylic acid groups (broad SMARTS) is 1. The van der Waals surface area contributed by atoms with Crippen molar-refractivity contribution in [2.75, 3.05) is 18.1 Å². The summed E-state index contributed by atoms with van der Waals surface area (Å²) in [5.41, 5.74) is 0.582. The van der Waals surface area contributed by atoms with Gasteiger partial charge in [-0.25, -0.2) is 13.4 Å². The Balaban J connectivity index is 2.12. The number of hydrogen-bond donors (Lipinski definition) is 1.